The van der Waals surface area contributed by atoms with E-state index in [-0.39, 0.29) is 16.6 Å². The summed E-state index contributed by atoms with van der Waals surface area (Å²) in [6.07, 6.45) is -1.15. The number of halogens is 4. The molecule has 0 aliphatic carbocycles. The Morgan fingerprint density at radius 3 is 2.62 bits per heavy atom. The zero-order valence-electron chi connectivity index (χ0n) is 18.2. The van der Waals surface area contributed by atoms with Gasteiger partial charge in [-0.25, -0.2) is 15.0 Å². The van der Waals surface area contributed by atoms with Crippen molar-refractivity contribution in [3.8, 4) is 0 Å². The lowest BCUT2D eigenvalue weighted by Gasteiger charge is -2.13. The number of carbonyl (C=O) groups excluding carboxylic acids is 2. The number of rotatable bonds is 8. The maximum absolute atomic E-state index is 13.0. The lowest BCUT2D eigenvalue weighted by atomic mass is 10.2. The van der Waals surface area contributed by atoms with Gasteiger partial charge in [-0.2, -0.15) is 13.2 Å². The Kier molecular flexibility index (Phi) is 7.89. The fourth-order valence-corrected chi connectivity index (χ4v) is 3.97. The van der Waals surface area contributed by atoms with E-state index in [1.807, 2.05) is 0 Å². The molecule has 0 bridgehead atoms. The van der Waals surface area contributed by atoms with Gasteiger partial charge in [0.25, 0.3) is 11.8 Å². The second kappa shape index (κ2) is 10.5. The monoisotopic (exact) mass is 516 g/mol. The lowest BCUT2D eigenvalue weighted by Crippen LogP contribution is -2.29. The minimum atomic E-state index is -4.69. The van der Waals surface area contributed by atoms with Crippen LogP contribution in [0, 0.1) is 6.92 Å². The largest absolute Gasteiger partial charge is 0.418 e. The molecule has 3 aromatic rings. The minimum absolute atomic E-state index is 0.127. The van der Waals surface area contributed by atoms with Crippen LogP contribution in [0.15, 0.2) is 24.7 Å². The number of hydrogen-bond acceptors (Lipinski definition) is 7. The number of hydrogen-bond donors (Lipinski definition) is 2. The molecule has 0 saturated carbocycles. The first-order chi connectivity index (χ1) is 16.0. The van der Waals surface area contributed by atoms with E-state index in [4.69, 9.17) is 16.3 Å². The molecule has 0 spiro atoms. The van der Waals surface area contributed by atoms with Gasteiger partial charge in [0.2, 0.25) is 0 Å². The Balaban J connectivity index is 1.68. The van der Waals surface area contributed by atoms with E-state index in [0.29, 0.717) is 35.7 Å². The van der Waals surface area contributed by atoms with Crippen LogP contribution in [0.1, 0.15) is 49.5 Å². The SMILES string of the molecule is COCCn1c(C(=O)N[C@H](C)c2ncc(C(=O)Nc3cc(C(F)(F)F)c(Cl)cn3)s2)cnc1C. The van der Waals surface area contributed by atoms with Gasteiger partial charge in [-0.1, -0.05) is 11.6 Å². The summed E-state index contributed by atoms with van der Waals surface area (Å²) in [5, 5.41) is 4.95. The number of anilines is 1. The Morgan fingerprint density at radius 1 is 1.21 bits per heavy atom. The molecule has 2 N–H and O–H groups in total. The fraction of sp³-hybridized carbons (Fsp3) is 0.350. The number of amides is 2. The van der Waals surface area contributed by atoms with Gasteiger partial charge < -0.3 is 19.9 Å². The summed E-state index contributed by atoms with van der Waals surface area (Å²) >= 11 is 6.53. The molecule has 1 atom stereocenters. The van der Waals surface area contributed by atoms with E-state index in [1.165, 1.54) is 12.4 Å². The molecule has 0 unspecified atom stereocenters. The van der Waals surface area contributed by atoms with Gasteiger partial charge in [-0.05, 0) is 19.9 Å². The zero-order valence-corrected chi connectivity index (χ0v) is 19.8. The number of methoxy groups -OCH3 is 1. The molecule has 9 nitrogen and oxygen atoms in total. The van der Waals surface area contributed by atoms with Gasteiger partial charge in [-0.3, -0.25) is 9.59 Å². The number of alkyl halides is 3. The van der Waals surface area contributed by atoms with Gasteiger partial charge in [0.05, 0.1) is 35.6 Å². The smallest absolute Gasteiger partial charge is 0.383 e. The lowest BCUT2D eigenvalue weighted by molar-refractivity contribution is -0.137. The van der Waals surface area contributed by atoms with E-state index in [1.54, 1.807) is 25.5 Å². The van der Waals surface area contributed by atoms with Gasteiger partial charge in [-0.15, -0.1) is 11.3 Å². The van der Waals surface area contributed by atoms with Crippen molar-refractivity contribution in [2.24, 2.45) is 0 Å². The van der Waals surface area contributed by atoms with Crippen LogP contribution >= 0.6 is 22.9 Å². The minimum Gasteiger partial charge on any atom is -0.383 e. The highest BCUT2D eigenvalue weighted by molar-refractivity contribution is 7.13. The number of imidazole rings is 1. The number of pyridine rings is 1. The summed E-state index contributed by atoms with van der Waals surface area (Å²) in [5.74, 6) is -0.723. The van der Waals surface area contributed by atoms with Crippen LogP contribution in [0.5, 0.6) is 0 Å². The van der Waals surface area contributed by atoms with Crippen LogP contribution in [0.2, 0.25) is 5.02 Å². The number of nitrogens with zero attached hydrogens (tertiary/aromatic N) is 4. The van der Waals surface area contributed by atoms with E-state index < -0.39 is 28.7 Å². The number of carbonyl (C=O) groups is 2. The average Bonchev–Trinajstić information content (AvgIpc) is 3.40. The molecular formula is C20H20ClF3N6O3S. The van der Waals surface area contributed by atoms with E-state index in [9.17, 15) is 22.8 Å². The standard InChI is InChI=1S/C20H20ClF3N6O3S/c1-10(28-17(31)14-8-25-11(2)30(14)4-5-33-3)19-27-9-15(34-19)18(32)29-16-6-12(20(22,23)24)13(21)7-26-16/h6-10H,4-5H2,1-3H3,(H,28,31)(H,26,29,32)/t10-/m1/s1. The Morgan fingerprint density at radius 2 is 1.94 bits per heavy atom. The molecule has 182 valence electrons. The van der Waals surface area contributed by atoms with Crippen molar-refractivity contribution in [1.29, 1.82) is 0 Å². The molecule has 0 saturated heterocycles. The topological polar surface area (TPSA) is 111 Å². The van der Waals surface area contributed by atoms with Crippen LogP contribution in [0.4, 0.5) is 19.0 Å². The second-order valence-corrected chi connectivity index (χ2v) is 8.56. The van der Waals surface area contributed by atoms with Crippen LogP contribution in [0.3, 0.4) is 0 Å². The van der Waals surface area contributed by atoms with Crippen molar-refractivity contribution in [2.75, 3.05) is 19.0 Å². The molecule has 14 heteroatoms. The van der Waals surface area contributed by atoms with E-state index in [0.717, 1.165) is 17.5 Å². The fourth-order valence-electron chi connectivity index (χ4n) is 2.94. The molecular weight excluding hydrogens is 497 g/mol. The van der Waals surface area contributed by atoms with Crippen LogP contribution < -0.4 is 10.6 Å². The summed E-state index contributed by atoms with van der Waals surface area (Å²) in [6, 6.07) is 0.107. The summed E-state index contributed by atoms with van der Waals surface area (Å²) in [5.41, 5.74) is -0.758. The molecule has 34 heavy (non-hydrogen) atoms. The second-order valence-electron chi connectivity index (χ2n) is 7.09. The molecule has 3 heterocycles. The number of nitrogens with one attached hydrogen (secondary N) is 2. The highest BCUT2D eigenvalue weighted by Crippen LogP contribution is 2.35. The third kappa shape index (κ3) is 5.90. The number of aryl methyl sites for hydroxylation is 1. The third-order valence-electron chi connectivity index (χ3n) is 4.67. The first-order valence-electron chi connectivity index (χ1n) is 9.83. The van der Waals surface area contributed by atoms with Gasteiger partial charge >= 0.3 is 6.18 Å². The highest BCUT2D eigenvalue weighted by Gasteiger charge is 2.34. The van der Waals surface area contributed by atoms with Crippen LogP contribution in [-0.4, -0.2) is 45.1 Å². The first kappa shape index (κ1) is 25.6. The van der Waals surface area contributed by atoms with Gasteiger partial charge in [0.15, 0.2) is 0 Å². The summed E-state index contributed by atoms with van der Waals surface area (Å²) in [7, 11) is 1.56. The number of ether oxygens (including phenoxy) is 1. The predicted molar refractivity (Wildman–Crippen MR) is 119 cm³/mol. The summed E-state index contributed by atoms with van der Waals surface area (Å²) < 4.78 is 45.8. The molecule has 2 amide bonds. The quantitative estimate of drug-likeness (QED) is 0.466. The van der Waals surface area contributed by atoms with Gasteiger partial charge in [0.1, 0.15) is 27.2 Å². The maximum Gasteiger partial charge on any atom is 0.418 e. The predicted octanol–water partition coefficient (Wildman–Crippen LogP) is 4.10. The average molecular weight is 517 g/mol. The van der Waals surface area contributed by atoms with E-state index in [2.05, 4.69) is 25.6 Å². The zero-order chi connectivity index (χ0) is 25.0. The molecule has 3 aromatic heterocycles. The number of thiazole rings is 1. The maximum atomic E-state index is 13.0. The molecule has 0 aliphatic heterocycles. The van der Waals surface area contributed by atoms with Crippen LogP contribution in [0.25, 0.3) is 0 Å². The first-order valence-corrected chi connectivity index (χ1v) is 11.0. The van der Waals surface area contributed by atoms with Crippen molar-refractivity contribution in [3.63, 3.8) is 0 Å². The summed E-state index contributed by atoms with van der Waals surface area (Å²) in [4.78, 5) is 37.4. The van der Waals surface area contributed by atoms with Crippen molar-refractivity contribution in [1.82, 2.24) is 24.8 Å². The highest BCUT2D eigenvalue weighted by atomic mass is 35.5. The van der Waals surface area contributed by atoms with Crippen molar-refractivity contribution < 1.29 is 27.5 Å². The normalized spacial score (nSPS) is 12.4. The Labute approximate surface area is 201 Å². The molecule has 3 rings (SSSR count). The number of aromatic nitrogens is 4. The van der Waals surface area contributed by atoms with E-state index >= 15 is 0 Å². The van der Waals surface area contributed by atoms with Gasteiger partial charge in [0, 0.05) is 19.9 Å². The van der Waals surface area contributed by atoms with Crippen molar-refractivity contribution >= 4 is 40.6 Å². The molecule has 0 fully saturated rings. The molecule has 0 aromatic carbocycles. The molecule has 0 radical (unpaired) electrons. The molecule has 0 aliphatic rings. The van der Waals surface area contributed by atoms with Crippen molar-refractivity contribution in [3.05, 3.63) is 56.6 Å². The Hall–Kier alpha value is -3.03. The van der Waals surface area contributed by atoms with Crippen molar-refractivity contribution in [2.45, 2.75) is 32.6 Å². The van der Waals surface area contributed by atoms with Crippen LogP contribution in [-0.2, 0) is 17.5 Å². The third-order valence-corrected chi connectivity index (χ3v) is 6.15. The Bertz CT molecular complexity index is 1200. The summed E-state index contributed by atoms with van der Waals surface area (Å²) in [6.45, 7) is 4.33.